The van der Waals surface area contributed by atoms with Crippen LogP contribution < -0.4 is 16.2 Å². The molecule has 2 N–H and O–H groups in total. The van der Waals surface area contributed by atoms with Crippen LogP contribution in [0, 0.1) is 6.92 Å². The quantitative estimate of drug-likeness (QED) is 0.319. The van der Waals surface area contributed by atoms with E-state index in [0.29, 0.717) is 33.4 Å². The number of halogens is 1. The number of rotatable bonds is 7. The summed E-state index contributed by atoms with van der Waals surface area (Å²) in [7, 11) is 1.51. The lowest BCUT2D eigenvalue weighted by Crippen LogP contribution is -2.41. The first-order valence-corrected chi connectivity index (χ1v) is 10.7. The van der Waals surface area contributed by atoms with Gasteiger partial charge in [0.05, 0.1) is 29.0 Å². The molecule has 0 aliphatic rings. The summed E-state index contributed by atoms with van der Waals surface area (Å²) in [5.74, 6) is -0.627. The maximum absolute atomic E-state index is 13.2. The fourth-order valence-electron chi connectivity index (χ4n) is 2.76. The van der Waals surface area contributed by atoms with E-state index in [1.54, 1.807) is 18.2 Å². The third kappa shape index (κ3) is 5.84. The van der Waals surface area contributed by atoms with Gasteiger partial charge in [0.25, 0.3) is 5.56 Å². The number of fused-ring (bicyclic) bond motifs is 1. The molecule has 0 saturated carbocycles. The Bertz CT molecular complexity index is 1160. The predicted molar refractivity (Wildman–Crippen MR) is 121 cm³/mol. The van der Waals surface area contributed by atoms with E-state index in [9.17, 15) is 14.4 Å². The summed E-state index contributed by atoms with van der Waals surface area (Å²) in [6, 6.07) is 11.7. The first-order chi connectivity index (χ1) is 14.9. The number of methoxy groups -OCH3 is 1. The van der Waals surface area contributed by atoms with Gasteiger partial charge in [-0.2, -0.15) is 0 Å². The minimum Gasteiger partial charge on any atom is -0.383 e. The number of imide groups is 1. The molecule has 0 bridgehead atoms. The van der Waals surface area contributed by atoms with Crippen LogP contribution in [-0.4, -0.2) is 47.5 Å². The second kappa shape index (κ2) is 10.4. The number of aryl methyl sites for hydroxylation is 1. The number of urea groups is 1. The molecule has 0 saturated heterocycles. The van der Waals surface area contributed by atoms with Crippen LogP contribution in [0.2, 0.25) is 5.02 Å². The molecule has 0 aliphatic heterocycles. The summed E-state index contributed by atoms with van der Waals surface area (Å²) < 4.78 is 6.29. The van der Waals surface area contributed by atoms with Gasteiger partial charge in [-0.25, -0.2) is 9.78 Å². The van der Waals surface area contributed by atoms with Crippen LogP contribution in [0.5, 0.6) is 0 Å². The van der Waals surface area contributed by atoms with Crippen LogP contribution in [-0.2, 0) is 9.53 Å². The highest BCUT2D eigenvalue weighted by atomic mass is 35.5. The van der Waals surface area contributed by atoms with Gasteiger partial charge in [-0.05, 0) is 37.3 Å². The number of aromatic nitrogens is 2. The Morgan fingerprint density at radius 1 is 1.19 bits per heavy atom. The molecule has 3 aromatic rings. The van der Waals surface area contributed by atoms with Gasteiger partial charge in [-0.1, -0.05) is 41.1 Å². The van der Waals surface area contributed by atoms with Gasteiger partial charge in [0.2, 0.25) is 5.91 Å². The van der Waals surface area contributed by atoms with Gasteiger partial charge >= 0.3 is 6.03 Å². The molecule has 162 valence electrons. The summed E-state index contributed by atoms with van der Waals surface area (Å²) in [6.07, 6.45) is 0. The Balaban J connectivity index is 1.88. The molecule has 10 heteroatoms. The highest BCUT2D eigenvalue weighted by molar-refractivity contribution is 7.99. The second-order valence-electron chi connectivity index (χ2n) is 6.62. The SMILES string of the molecule is COCCNC(=O)NC(=O)CSc1nc2cc(Cl)ccc2c(=O)n1-c1ccc(C)cc1. The number of nitrogens with one attached hydrogen (secondary N) is 2. The average Bonchev–Trinajstić information content (AvgIpc) is 2.73. The smallest absolute Gasteiger partial charge is 0.321 e. The summed E-state index contributed by atoms with van der Waals surface area (Å²) in [6.45, 7) is 2.57. The fraction of sp³-hybridized carbons (Fsp3) is 0.238. The molecule has 31 heavy (non-hydrogen) atoms. The van der Waals surface area contributed by atoms with Gasteiger partial charge in [-0.15, -0.1) is 0 Å². The third-order valence-corrected chi connectivity index (χ3v) is 5.44. The van der Waals surface area contributed by atoms with Gasteiger partial charge in [0, 0.05) is 18.7 Å². The highest BCUT2D eigenvalue weighted by Crippen LogP contribution is 2.23. The van der Waals surface area contributed by atoms with Crippen molar-refractivity contribution in [2.24, 2.45) is 0 Å². The van der Waals surface area contributed by atoms with Crippen molar-refractivity contribution in [3.05, 3.63) is 63.4 Å². The van der Waals surface area contributed by atoms with Crippen molar-refractivity contribution in [3.8, 4) is 5.69 Å². The molecule has 1 aromatic heterocycles. The van der Waals surface area contributed by atoms with E-state index in [1.165, 1.54) is 11.7 Å². The lowest BCUT2D eigenvalue weighted by Gasteiger charge is -2.13. The van der Waals surface area contributed by atoms with Crippen molar-refractivity contribution < 1.29 is 14.3 Å². The van der Waals surface area contributed by atoms with E-state index >= 15 is 0 Å². The summed E-state index contributed by atoms with van der Waals surface area (Å²) >= 11 is 7.11. The number of carbonyl (C=O) groups is 2. The van der Waals surface area contributed by atoms with Crippen LogP contribution >= 0.6 is 23.4 Å². The largest absolute Gasteiger partial charge is 0.383 e. The molecule has 0 atom stereocenters. The van der Waals surface area contributed by atoms with Gasteiger partial charge in [0.1, 0.15) is 0 Å². The second-order valence-corrected chi connectivity index (χ2v) is 8.00. The molecular weight excluding hydrogens is 440 g/mol. The summed E-state index contributed by atoms with van der Waals surface area (Å²) in [5.41, 5.74) is 1.83. The van der Waals surface area contributed by atoms with E-state index in [0.717, 1.165) is 17.3 Å². The summed E-state index contributed by atoms with van der Waals surface area (Å²) in [4.78, 5) is 41.7. The number of ether oxygens (including phenoxy) is 1. The minimum absolute atomic E-state index is 0.109. The normalized spacial score (nSPS) is 10.8. The molecule has 2 aromatic carbocycles. The zero-order valence-corrected chi connectivity index (χ0v) is 18.5. The summed E-state index contributed by atoms with van der Waals surface area (Å²) in [5, 5.41) is 5.92. The molecule has 3 amide bonds. The molecule has 0 aliphatic carbocycles. The Morgan fingerprint density at radius 2 is 1.94 bits per heavy atom. The van der Waals surface area contributed by atoms with Crippen LogP contribution in [0.3, 0.4) is 0 Å². The monoisotopic (exact) mass is 460 g/mol. The van der Waals surface area contributed by atoms with E-state index < -0.39 is 11.9 Å². The van der Waals surface area contributed by atoms with Crippen molar-refractivity contribution in [2.75, 3.05) is 26.0 Å². The zero-order chi connectivity index (χ0) is 22.4. The molecule has 3 rings (SSSR count). The molecule has 0 radical (unpaired) electrons. The Kier molecular flexibility index (Phi) is 7.67. The number of carbonyl (C=O) groups excluding carboxylic acids is 2. The van der Waals surface area contributed by atoms with Crippen molar-refractivity contribution >= 4 is 46.2 Å². The topological polar surface area (TPSA) is 102 Å². The Hall–Kier alpha value is -2.88. The number of hydrogen-bond acceptors (Lipinski definition) is 6. The first kappa shape index (κ1) is 22.8. The van der Waals surface area contributed by atoms with Crippen molar-refractivity contribution in [2.45, 2.75) is 12.1 Å². The van der Waals surface area contributed by atoms with Crippen molar-refractivity contribution in [1.29, 1.82) is 0 Å². The number of benzene rings is 2. The van der Waals surface area contributed by atoms with Crippen LogP contribution in [0.25, 0.3) is 16.6 Å². The zero-order valence-electron chi connectivity index (χ0n) is 17.0. The lowest BCUT2D eigenvalue weighted by atomic mass is 10.2. The highest BCUT2D eigenvalue weighted by Gasteiger charge is 2.16. The van der Waals surface area contributed by atoms with Crippen LogP contribution in [0.15, 0.2) is 52.4 Å². The lowest BCUT2D eigenvalue weighted by molar-refractivity contribution is -0.117. The predicted octanol–water partition coefficient (Wildman–Crippen LogP) is 2.91. The Morgan fingerprint density at radius 3 is 2.65 bits per heavy atom. The molecule has 8 nitrogen and oxygen atoms in total. The van der Waals surface area contributed by atoms with Crippen molar-refractivity contribution in [1.82, 2.24) is 20.2 Å². The third-order valence-electron chi connectivity index (χ3n) is 4.27. The number of nitrogens with zero attached hydrogens (tertiary/aromatic N) is 2. The number of hydrogen-bond donors (Lipinski definition) is 2. The fourth-order valence-corrected chi connectivity index (χ4v) is 3.74. The molecule has 0 spiro atoms. The molecular formula is C21H21ClN4O4S. The van der Waals surface area contributed by atoms with Gasteiger partial charge in [-0.3, -0.25) is 19.5 Å². The van der Waals surface area contributed by atoms with Crippen LogP contribution in [0.1, 0.15) is 5.56 Å². The van der Waals surface area contributed by atoms with Gasteiger partial charge < -0.3 is 10.1 Å². The van der Waals surface area contributed by atoms with Crippen molar-refractivity contribution in [3.63, 3.8) is 0 Å². The number of amides is 3. The van der Waals surface area contributed by atoms with Gasteiger partial charge in [0.15, 0.2) is 5.16 Å². The van der Waals surface area contributed by atoms with Crippen LogP contribution in [0.4, 0.5) is 4.79 Å². The maximum Gasteiger partial charge on any atom is 0.321 e. The first-order valence-electron chi connectivity index (χ1n) is 9.38. The number of thioether (sulfide) groups is 1. The van der Waals surface area contributed by atoms with E-state index in [2.05, 4.69) is 15.6 Å². The van der Waals surface area contributed by atoms with E-state index in [4.69, 9.17) is 16.3 Å². The molecule has 1 heterocycles. The van der Waals surface area contributed by atoms with E-state index in [-0.39, 0.29) is 17.9 Å². The van der Waals surface area contributed by atoms with E-state index in [1.807, 2.05) is 31.2 Å². The molecule has 0 fully saturated rings. The molecule has 0 unspecified atom stereocenters. The average molecular weight is 461 g/mol. The Labute approximate surface area is 187 Å². The minimum atomic E-state index is -0.614. The maximum atomic E-state index is 13.2. The standard InChI is InChI=1S/C21H21ClN4O4S/c1-13-3-6-15(7-4-13)26-19(28)16-8-5-14(22)11-17(16)24-21(26)31-12-18(27)25-20(29)23-9-10-30-2/h3-8,11H,9-10,12H2,1-2H3,(H2,23,25,27,29).